The predicted molar refractivity (Wildman–Crippen MR) is 119 cm³/mol. The lowest BCUT2D eigenvalue weighted by atomic mass is 10.1. The Bertz CT molecular complexity index is 1200. The summed E-state index contributed by atoms with van der Waals surface area (Å²) >= 11 is 1.47. The molecule has 1 aliphatic heterocycles. The second-order valence-corrected chi connectivity index (χ2v) is 7.94. The Morgan fingerprint density at radius 3 is 2.68 bits per heavy atom. The third-order valence-corrected chi connectivity index (χ3v) is 5.85. The summed E-state index contributed by atoms with van der Waals surface area (Å²) in [5.41, 5.74) is 4.03. The van der Waals surface area contributed by atoms with Crippen LogP contribution in [0, 0.1) is 0 Å². The highest BCUT2D eigenvalue weighted by Gasteiger charge is 2.17. The minimum absolute atomic E-state index is 0.136. The highest BCUT2D eigenvalue weighted by molar-refractivity contribution is 7.98. The molecule has 156 valence electrons. The molecule has 0 radical (unpaired) electrons. The zero-order chi connectivity index (χ0) is 21.0. The standard InChI is InChI=1S/C24H20N2O4S/c27-23(25-14-16-7-5-11-21-22(16)29-13-12-28-21)18-8-2-1-6-17(18)15-31-24-26-19-9-3-4-10-20(19)30-24/h1-11H,12-15H2,(H,25,27). The summed E-state index contributed by atoms with van der Waals surface area (Å²) in [7, 11) is 0. The van der Waals surface area contributed by atoms with E-state index in [1.165, 1.54) is 11.8 Å². The van der Waals surface area contributed by atoms with Gasteiger partial charge in [0.25, 0.3) is 11.1 Å². The average Bonchev–Trinajstić information content (AvgIpc) is 3.24. The van der Waals surface area contributed by atoms with E-state index < -0.39 is 0 Å². The number of aromatic nitrogens is 1. The Morgan fingerprint density at radius 1 is 0.935 bits per heavy atom. The Balaban J connectivity index is 1.28. The maximum atomic E-state index is 12.9. The second kappa shape index (κ2) is 8.73. The molecule has 2 heterocycles. The summed E-state index contributed by atoms with van der Waals surface area (Å²) in [5, 5.41) is 3.59. The van der Waals surface area contributed by atoms with Gasteiger partial charge in [0.1, 0.15) is 18.7 Å². The molecular formula is C24H20N2O4S. The van der Waals surface area contributed by atoms with Gasteiger partial charge < -0.3 is 19.2 Å². The van der Waals surface area contributed by atoms with Gasteiger partial charge in [0.15, 0.2) is 17.1 Å². The molecule has 5 rings (SSSR count). The summed E-state index contributed by atoms with van der Waals surface area (Å²) in [4.78, 5) is 17.4. The van der Waals surface area contributed by atoms with Crippen LogP contribution in [0.25, 0.3) is 11.1 Å². The molecule has 1 aliphatic rings. The number of oxazole rings is 1. The summed E-state index contributed by atoms with van der Waals surface area (Å²) in [5.74, 6) is 1.86. The largest absolute Gasteiger partial charge is 0.486 e. The van der Waals surface area contributed by atoms with Gasteiger partial charge >= 0.3 is 0 Å². The molecule has 1 aromatic heterocycles. The summed E-state index contributed by atoms with van der Waals surface area (Å²) in [6.45, 7) is 1.40. The molecule has 0 atom stereocenters. The number of hydrogen-bond donors (Lipinski definition) is 1. The lowest BCUT2D eigenvalue weighted by Gasteiger charge is -2.21. The van der Waals surface area contributed by atoms with Gasteiger partial charge in [0.05, 0.1) is 0 Å². The van der Waals surface area contributed by atoms with E-state index in [-0.39, 0.29) is 5.91 Å². The predicted octanol–water partition coefficient (Wildman–Crippen LogP) is 4.82. The van der Waals surface area contributed by atoms with Gasteiger partial charge in [-0.15, -0.1) is 0 Å². The molecule has 31 heavy (non-hydrogen) atoms. The molecule has 6 nitrogen and oxygen atoms in total. The fourth-order valence-corrected chi connectivity index (χ4v) is 4.31. The lowest BCUT2D eigenvalue weighted by Crippen LogP contribution is -2.25. The summed E-state index contributed by atoms with van der Waals surface area (Å²) in [6.07, 6.45) is 0. The van der Waals surface area contributed by atoms with Crippen LogP contribution in [0.15, 0.2) is 76.4 Å². The van der Waals surface area contributed by atoms with E-state index in [4.69, 9.17) is 13.9 Å². The van der Waals surface area contributed by atoms with Crippen molar-refractivity contribution in [1.29, 1.82) is 0 Å². The number of thioether (sulfide) groups is 1. The van der Waals surface area contributed by atoms with E-state index in [2.05, 4.69) is 10.3 Å². The number of para-hydroxylation sites is 3. The number of hydrogen-bond acceptors (Lipinski definition) is 6. The Labute approximate surface area is 183 Å². The normalized spacial score (nSPS) is 12.6. The number of nitrogens with one attached hydrogen (secondary N) is 1. The fourth-order valence-electron chi connectivity index (χ4n) is 3.46. The lowest BCUT2D eigenvalue weighted by molar-refractivity contribution is 0.0949. The van der Waals surface area contributed by atoms with Crippen molar-refractivity contribution >= 4 is 28.8 Å². The summed E-state index contributed by atoms with van der Waals surface area (Å²) in [6, 6.07) is 20.9. The maximum Gasteiger partial charge on any atom is 0.257 e. The molecule has 1 N–H and O–H groups in total. The van der Waals surface area contributed by atoms with Crippen LogP contribution in [-0.4, -0.2) is 24.1 Å². The number of amides is 1. The molecule has 0 spiro atoms. The van der Waals surface area contributed by atoms with E-state index in [0.29, 0.717) is 47.8 Å². The molecule has 0 bridgehead atoms. The number of nitrogens with zero attached hydrogens (tertiary/aromatic N) is 1. The van der Waals surface area contributed by atoms with Gasteiger partial charge in [-0.3, -0.25) is 4.79 Å². The highest BCUT2D eigenvalue weighted by atomic mass is 32.2. The van der Waals surface area contributed by atoms with Crippen molar-refractivity contribution in [1.82, 2.24) is 10.3 Å². The van der Waals surface area contributed by atoms with Crippen LogP contribution in [0.3, 0.4) is 0 Å². The first kappa shape index (κ1) is 19.5. The molecular weight excluding hydrogens is 412 g/mol. The van der Waals surface area contributed by atoms with Crippen LogP contribution in [0.5, 0.6) is 11.5 Å². The number of ether oxygens (including phenoxy) is 2. The molecule has 4 aromatic rings. The topological polar surface area (TPSA) is 73.6 Å². The van der Waals surface area contributed by atoms with Gasteiger partial charge in [0, 0.05) is 23.4 Å². The smallest absolute Gasteiger partial charge is 0.257 e. The number of carbonyl (C=O) groups excluding carboxylic acids is 1. The molecule has 0 fully saturated rings. The average molecular weight is 433 g/mol. The Hall–Kier alpha value is -3.45. The van der Waals surface area contributed by atoms with E-state index >= 15 is 0 Å². The van der Waals surface area contributed by atoms with Gasteiger partial charge in [-0.05, 0) is 29.8 Å². The van der Waals surface area contributed by atoms with E-state index in [0.717, 1.165) is 22.2 Å². The first-order chi connectivity index (χ1) is 15.3. The molecule has 0 saturated carbocycles. The van der Waals surface area contributed by atoms with Gasteiger partial charge in [-0.25, -0.2) is 4.98 Å². The van der Waals surface area contributed by atoms with Crippen molar-refractivity contribution in [2.75, 3.05) is 13.2 Å². The molecule has 3 aromatic carbocycles. The third kappa shape index (κ3) is 4.22. The van der Waals surface area contributed by atoms with Crippen LogP contribution in [-0.2, 0) is 12.3 Å². The van der Waals surface area contributed by atoms with Crippen molar-refractivity contribution in [2.45, 2.75) is 17.5 Å². The fraction of sp³-hybridized carbons (Fsp3) is 0.167. The van der Waals surface area contributed by atoms with Crippen molar-refractivity contribution < 1.29 is 18.7 Å². The second-order valence-electron chi connectivity index (χ2n) is 7.02. The molecule has 0 saturated heterocycles. The first-order valence-electron chi connectivity index (χ1n) is 10.00. The Morgan fingerprint density at radius 2 is 1.74 bits per heavy atom. The number of rotatable bonds is 6. The zero-order valence-corrected chi connectivity index (χ0v) is 17.5. The third-order valence-electron chi connectivity index (χ3n) is 4.97. The maximum absolute atomic E-state index is 12.9. The molecule has 0 unspecified atom stereocenters. The first-order valence-corrected chi connectivity index (χ1v) is 11.0. The van der Waals surface area contributed by atoms with Gasteiger partial charge in [-0.2, -0.15) is 0 Å². The number of fused-ring (bicyclic) bond motifs is 2. The summed E-state index contributed by atoms with van der Waals surface area (Å²) < 4.78 is 17.1. The molecule has 7 heteroatoms. The van der Waals surface area contributed by atoms with Crippen LogP contribution in [0.2, 0.25) is 0 Å². The highest BCUT2D eigenvalue weighted by Crippen LogP contribution is 2.33. The van der Waals surface area contributed by atoms with Gasteiger partial charge in [-0.1, -0.05) is 54.2 Å². The Kier molecular flexibility index (Phi) is 5.50. The van der Waals surface area contributed by atoms with Crippen molar-refractivity contribution in [3.8, 4) is 11.5 Å². The molecule has 1 amide bonds. The molecule has 0 aliphatic carbocycles. The zero-order valence-electron chi connectivity index (χ0n) is 16.7. The number of benzene rings is 3. The SMILES string of the molecule is O=C(NCc1cccc2c1OCCO2)c1ccccc1CSc1nc2ccccc2o1. The van der Waals surface area contributed by atoms with E-state index in [1.807, 2.05) is 66.7 Å². The monoisotopic (exact) mass is 432 g/mol. The van der Waals surface area contributed by atoms with Crippen molar-refractivity contribution in [2.24, 2.45) is 0 Å². The van der Waals surface area contributed by atoms with Crippen LogP contribution < -0.4 is 14.8 Å². The minimum Gasteiger partial charge on any atom is -0.486 e. The minimum atomic E-state index is -0.136. The number of carbonyl (C=O) groups is 1. The quantitative estimate of drug-likeness (QED) is 0.440. The van der Waals surface area contributed by atoms with Gasteiger partial charge in [0.2, 0.25) is 0 Å². The van der Waals surface area contributed by atoms with E-state index in [9.17, 15) is 4.79 Å². The van der Waals surface area contributed by atoms with Crippen molar-refractivity contribution in [3.63, 3.8) is 0 Å². The van der Waals surface area contributed by atoms with E-state index in [1.54, 1.807) is 0 Å². The van der Waals surface area contributed by atoms with Crippen LogP contribution in [0.1, 0.15) is 21.5 Å². The van der Waals surface area contributed by atoms with Crippen LogP contribution >= 0.6 is 11.8 Å². The van der Waals surface area contributed by atoms with Crippen molar-refractivity contribution in [3.05, 3.63) is 83.4 Å². The van der Waals surface area contributed by atoms with Crippen LogP contribution in [0.4, 0.5) is 0 Å².